The van der Waals surface area contributed by atoms with E-state index in [9.17, 15) is 14.4 Å². The Balaban J connectivity index is 1.11. The highest BCUT2D eigenvalue weighted by atomic mass is 32.1. The van der Waals surface area contributed by atoms with Crippen LogP contribution in [0.25, 0.3) is 11.1 Å². The van der Waals surface area contributed by atoms with Crippen molar-refractivity contribution >= 4 is 29.3 Å². The van der Waals surface area contributed by atoms with Crippen molar-refractivity contribution < 1.29 is 24.2 Å². The molecule has 1 fully saturated rings. The van der Waals surface area contributed by atoms with Crippen molar-refractivity contribution in [3.63, 3.8) is 0 Å². The van der Waals surface area contributed by atoms with Gasteiger partial charge in [-0.05, 0) is 28.7 Å². The number of carboxylic acid groups (broad SMARTS) is 1. The largest absolute Gasteiger partial charge is 0.480 e. The van der Waals surface area contributed by atoms with E-state index >= 15 is 0 Å². The molecule has 0 saturated carbocycles. The molecule has 3 aromatic rings. The minimum atomic E-state index is -0.998. The van der Waals surface area contributed by atoms with Crippen LogP contribution in [0.5, 0.6) is 0 Å². The van der Waals surface area contributed by atoms with Crippen LogP contribution in [0, 0.1) is 0 Å². The monoisotopic (exact) mass is 477 g/mol. The summed E-state index contributed by atoms with van der Waals surface area (Å²) in [6, 6.07) is 15.6. The zero-order valence-corrected chi connectivity index (χ0v) is 19.1. The maximum atomic E-state index is 12.4. The van der Waals surface area contributed by atoms with Crippen LogP contribution >= 0.6 is 11.3 Å². The number of nitrogens with zero attached hydrogens (tertiary/aromatic N) is 2. The number of fused-ring (bicyclic) bond motifs is 3. The van der Waals surface area contributed by atoms with Crippen LogP contribution in [-0.4, -0.2) is 58.7 Å². The van der Waals surface area contributed by atoms with Crippen molar-refractivity contribution in [3.8, 4) is 11.1 Å². The maximum absolute atomic E-state index is 12.4. The molecular weight excluding hydrogens is 454 g/mol. The first-order valence-corrected chi connectivity index (χ1v) is 12.0. The number of carboxylic acids is 1. The van der Waals surface area contributed by atoms with Crippen molar-refractivity contribution in [3.05, 3.63) is 75.7 Å². The summed E-state index contributed by atoms with van der Waals surface area (Å²) in [5.41, 5.74) is 4.91. The van der Waals surface area contributed by atoms with Crippen LogP contribution in [-0.2, 0) is 16.0 Å². The number of nitrogens with one attached hydrogen (secondary N) is 1. The molecule has 9 heteroatoms. The molecule has 0 spiro atoms. The summed E-state index contributed by atoms with van der Waals surface area (Å²) >= 11 is 1.31. The number of likely N-dealkylation sites (tertiary alicyclic amines) is 1. The smallest absolute Gasteiger partial charge is 0.407 e. The maximum Gasteiger partial charge on any atom is 0.407 e. The molecule has 1 aliphatic carbocycles. The number of rotatable bonds is 7. The number of hydrogen-bond acceptors (Lipinski definition) is 6. The van der Waals surface area contributed by atoms with Crippen LogP contribution in [0.15, 0.2) is 53.9 Å². The molecule has 2 N–H and O–H groups in total. The minimum absolute atomic E-state index is 0.00168. The topological polar surface area (TPSA) is 109 Å². The van der Waals surface area contributed by atoms with Crippen LogP contribution in [0.4, 0.5) is 4.79 Å². The van der Waals surface area contributed by atoms with Crippen molar-refractivity contribution in [1.29, 1.82) is 0 Å². The molecule has 1 aliphatic heterocycles. The van der Waals surface area contributed by atoms with Gasteiger partial charge in [0.05, 0.1) is 5.01 Å². The van der Waals surface area contributed by atoms with E-state index in [0.29, 0.717) is 30.9 Å². The second-order valence-electron chi connectivity index (χ2n) is 8.27. The van der Waals surface area contributed by atoms with Gasteiger partial charge in [0.1, 0.15) is 18.3 Å². The van der Waals surface area contributed by atoms with E-state index in [-0.39, 0.29) is 24.1 Å². The number of carbonyl (C=O) groups excluding carboxylic acids is 2. The Hall–Kier alpha value is -3.72. The number of carbonyl (C=O) groups is 3. The first-order chi connectivity index (χ1) is 16.5. The predicted molar refractivity (Wildman–Crippen MR) is 126 cm³/mol. The lowest BCUT2D eigenvalue weighted by Gasteiger charge is -2.37. The minimum Gasteiger partial charge on any atom is -0.480 e. The second-order valence-corrected chi connectivity index (χ2v) is 9.21. The van der Waals surface area contributed by atoms with Gasteiger partial charge in [-0.15, -0.1) is 11.3 Å². The van der Waals surface area contributed by atoms with E-state index in [4.69, 9.17) is 9.84 Å². The van der Waals surface area contributed by atoms with E-state index in [2.05, 4.69) is 34.6 Å². The zero-order valence-electron chi connectivity index (χ0n) is 18.3. The van der Waals surface area contributed by atoms with E-state index in [1.165, 1.54) is 27.4 Å². The summed E-state index contributed by atoms with van der Waals surface area (Å²) < 4.78 is 5.53. The van der Waals surface area contributed by atoms with Crippen molar-refractivity contribution in [2.24, 2.45) is 0 Å². The summed E-state index contributed by atoms with van der Waals surface area (Å²) in [6.07, 6.45) is 0.409. The molecule has 2 heterocycles. The molecule has 0 bridgehead atoms. The van der Waals surface area contributed by atoms with Gasteiger partial charge in [-0.3, -0.25) is 4.79 Å². The van der Waals surface area contributed by atoms with Crippen molar-refractivity contribution in [2.75, 3.05) is 19.7 Å². The molecule has 1 unspecified atom stereocenters. The summed E-state index contributed by atoms with van der Waals surface area (Å²) in [6.45, 7) is 0.988. The SMILES string of the molecule is O=C(NCCc1nc(C(=O)N2CCC2C(=O)O)cs1)OCC1c2ccccc2-c2ccccc21. The fourth-order valence-electron chi connectivity index (χ4n) is 4.48. The summed E-state index contributed by atoms with van der Waals surface area (Å²) in [5, 5.41) is 14.2. The van der Waals surface area contributed by atoms with Gasteiger partial charge in [-0.2, -0.15) is 0 Å². The first-order valence-electron chi connectivity index (χ1n) is 11.1. The Morgan fingerprint density at radius 1 is 1.09 bits per heavy atom. The third-order valence-electron chi connectivity index (χ3n) is 6.29. The molecule has 1 saturated heterocycles. The van der Waals surface area contributed by atoms with Gasteiger partial charge in [0.25, 0.3) is 5.91 Å². The van der Waals surface area contributed by atoms with E-state index in [1.54, 1.807) is 5.38 Å². The lowest BCUT2D eigenvalue weighted by molar-refractivity contribution is -0.146. The number of alkyl carbamates (subject to hydrolysis) is 1. The number of amides is 2. The number of benzene rings is 2. The molecule has 1 aromatic heterocycles. The van der Waals surface area contributed by atoms with Crippen molar-refractivity contribution in [2.45, 2.75) is 24.8 Å². The molecule has 174 valence electrons. The predicted octanol–water partition coefficient (Wildman–Crippen LogP) is 3.52. The van der Waals surface area contributed by atoms with Gasteiger partial charge in [0.15, 0.2) is 0 Å². The lowest BCUT2D eigenvalue weighted by atomic mass is 9.98. The van der Waals surface area contributed by atoms with E-state index in [1.807, 2.05) is 24.3 Å². The van der Waals surface area contributed by atoms with Gasteiger partial charge in [-0.1, -0.05) is 48.5 Å². The fraction of sp³-hybridized carbons (Fsp3) is 0.280. The third kappa shape index (κ3) is 4.14. The normalized spacial score (nSPS) is 16.4. The second kappa shape index (κ2) is 9.26. The number of thiazole rings is 1. The number of aromatic nitrogens is 1. The fourth-order valence-corrected chi connectivity index (χ4v) is 5.25. The first kappa shape index (κ1) is 22.1. The van der Waals surface area contributed by atoms with Gasteiger partial charge >= 0.3 is 12.1 Å². The summed E-state index contributed by atoms with van der Waals surface area (Å²) in [5.74, 6) is -1.37. The average molecular weight is 478 g/mol. The lowest BCUT2D eigenvalue weighted by Crippen LogP contribution is -2.55. The van der Waals surface area contributed by atoms with Crippen molar-refractivity contribution in [1.82, 2.24) is 15.2 Å². The Morgan fingerprint density at radius 2 is 1.76 bits per heavy atom. The molecule has 8 nitrogen and oxygen atoms in total. The Bertz CT molecular complexity index is 1210. The molecule has 0 radical (unpaired) electrons. The Labute approximate surface area is 200 Å². The summed E-state index contributed by atoms with van der Waals surface area (Å²) in [4.78, 5) is 41.5. The quantitative estimate of drug-likeness (QED) is 0.539. The van der Waals surface area contributed by atoms with Crippen LogP contribution in [0.2, 0.25) is 0 Å². The van der Waals surface area contributed by atoms with E-state index < -0.39 is 18.1 Å². The highest BCUT2D eigenvalue weighted by Gasteiger charge is 2.38. The van der Waals surface area contributed by atoms with Gasteiger partial charge in [-0.25, -0.2) is 14.6 Å². The zero-order chi connectivity index (χ0) is 23.7. The number of ether oxygens (including phenoxy) is 1. The molecular formula is C25H23N3O5S. The molecule has 34 heavy (non-hydrogen) atoms. The number of hydrogen-bond donors (Lipinski definition) is 2. The molecule has 2 aliphatic rings. The molecule has 1 atom stereocenters. The standard InChI is InChI=1S/C25H23N3O5S/c29-23(28-12-10-21(28)24(30)31)20-14-34-22(27-20)9-11-26-25(32)33-13-19-17-7-3-1-5-15(17)16-6-2-4-8-18(16)19/h1-8,14,19,21H,9-13H2,(H,26,32)(H,30,31). The Kier molecular flexibility index (Phi) is 6.02. The van der Waals surface area contributed by atoms with Crippen LogP contribution in [0.1, 0.15) is 39.0 Å². The van der Waals surface area contributed by atoms with Crippen LogP contribution in [0.3, 0.4) is 0 Å². The van der Waals surface area contributed by atoms with Gasteiger partial charge in [0.2, 0.25) is 0 Å². The summed E-state index contributed by atoms with van der Waals surface area (Å²) in [7, 11) is 0. The highest BCUT2D eigenvalue weighted by molar-refractivity contribution is 7.09. The third-order valence-corrected chi connectivity index (χ3v) is 7.20. The number of aliphatic carboxylic acids is 1. The van der Waals surface area contributed by atoms with Crippen LogP contribution < -0.4 is 5.32 Å². The average Bonchev–Trinajstić information content (AvgIpc) is 3.40. The van der Waals surface area contributed by atoms with Gasteiger partial charge in [0, 0.05) is 30.8 Å². The highest BCUT2D eigenvalue weighted by Crippen LogP contribution is 2.44. The molecule has 2 aromatic carbocycles. The Morgan fingerprint density at radius 3 is 2.38 bits per heavy atom. The molecule has 5 rings (SSSR count). The van der Waals surface area contributed by atoms with Gasteiger partial charge < -0.3 is 20.1 Å². The van der Waals surface area contributed by atoms with E-state index in [0.717, 1.165) is 11.1 Å². The molecule has 2 amide bonds.